The van der Waals surface area contributed by atoms with E-state index in [-0.39, 0.29) is 5.75 Å². The lowest BCUT2D eigenvalue weighted by Crippen LogP contribution is -2.27. The predicted molar refractivity (Wildman–Crippen MR) is 74.0 cm³/mol. The van der Waals surface area contributed by atoms with Crippen LogP contribution < -0.4 is 4.72 Å². The minimum Gasteiger partial charge on any atom is -0.468 e. The second kappa shape index (κ2) is 5.90. The van der Waals surface area contributed by atoms with Gasteiger partial charge in [0.2, 0.25) is 10.0 Å². The third-order valence-electron chi connectivity index (χ3n) is 2.77. The predicted octanol–water partition coefficient (Wildman–Crippen LogP) is 2.33. The summed E-state index contributed by atoms with van der Waals surface area (Å²) < 4.78 is 31.8. The number of furan rings is 1. The van der Waals surface area contributed by atoms with Gasteiger partial charge in [-0.15, -0.1) is 0 Å². The van der Waals surface area contributed by atoms with E-state index in [2.05, 4.69) is 4.72 Å². The van der Waals surface area contributed by atoms with Crippen LogP contribution in [-0.2, 0) is 15.8 Å². The Labute approximate surface area is 117 Å². The highest BCUT2D eigenvalue weighted by molar-refractivity contribution is 7.88. The Morgan fingerprint density at radius 3 is 2.55 bits per heavy atom. The van der Waals surface area contributed by atoms with Crippen molar-refractivity contribution < 1.29 is 12.8 Å². The molecule has 1 heterocycles. The second-order valence-corrected chi connectivity index (χ2v) is 6.18. The van der Waals surface area contributed by atoms with E-state index in [9.17, 15) is 8.42 Å². The number of benzene rings is 1. The van der Waals surface area contributed by atoms with Gasteiger partial charge in [0.05, 0.1) is 29.7 Å². The number of rotatable bonds is 5. The molecule has 0 aliphatic rings. The zero-order valence-electron chi connectivity index (χ0n) is 10.9. The number of hydrogen-bond donors (Lipinski definition) is 1. The minimum atomic E-state index is -3.47. The lowest BCUT2D eigenvalue weighted by atomic mass is 10.2. The maximum atomic E-state index is 12.0. The number of nitrogens with zero attached hydrogens (tertiary/aromatic N) is 1. The fraction of sp³-hybridized carbons (Fsp3) is 0.214. The van der Waals surface area contributed by atoms with Crippen LogP contribution in [0.15, 0.2) is 47.1 Å². The SMILES string of the molecule is C[C@H](NS(=O)(=O)Cc1ccc(C#N)cc1)c1ccco1. The molecule has 0 saturated carbocycles. The van der Waals surface area contributed by atoms with Gasteiger partial charge in [-0.3, -0.25) is 0 Å². The summed E-state index contributed by atoms with van der Waals surface area (Å²) in [5.41, 5.74) is 1.13. The molecule has 2 aromatic rings. The Hall–Kier alpha value is -2.10. The van der Waals surface area contributed by atoms with E-state index in [4.69, 9.17) is 9.68 Å². The molecule has 1 N–H and O–H groups in total. The van der Waals surface area contributed by atoms with Crippen LogP contribution in [-0.4, -0.2) is 8.42 Å². The summed E-state index contributed by atoms with van der Waals surface area (Å²) in [5.74, 6) is 0.428. The molecule has 2 rings (SSSR count). The first-order valence-corrected chi connectivity index (χ1v) is 7.68. The third-order valence-corrected chi connectivity index (χ3v) is 4.19. The average Bonchev–Trinajstić information content (AvgIpc) is 2.92. The molecule has 0 aliphatic heterocycles. The first-order valence-electron chi connectivity index (χ1n) is 6.02. The Morgan fingerprint density at radius 2 is 2.00 bits per heavy atom. The molecule has 0 spiro atoms. The Kier molecular flexibility index (Phi) is 4.23. The van der Waals surface area contributed by atoms with Crippen molar-refractivity contribution >= 4 is 10.0 Å². The molecule has 1 aromatic heterocycles. The molecule has 0 unspecified atom stereocenters. The molecular weight excluding hydrogens is 276 g/mol. The highest BCUT2D eigenvalue weighted by Gasteiger charge is 2.18. The van der Waals surface area contributed by atoms with Crippen molar-refractivity contribution in [2.75, 3.05) is 0 Å². The maximum absolute atomic E-state index is 12.0. The number of sulfonamides is 1. The van der Waals surface area contributed by atoms with E-state index in [0.717, 1.165) is 0 Å². The molecule has 1 aromatic carbocycles. The first kappa shape index (κ1) is 14.3. The van der Waals surface area contributed by atoms with Crippen molar-refractivity contribution in [3.63, 3.8) is 0 Å². The van der Waals surface area contributed by atoms with Crippen LogP contribution in [0.25, 0.3) is 0 Å². The standard InChI is InChI=1S/C14H14N2O3S/c1-11(14-3-2-8-19-14)16-20(17,18)10-13-6-4-12(9-15)5-7-13/h2-8,11,16H,10H2,1H3/t11-/m0/s1. The molecule has 0 radical (unpaired) electrons. The smallest absolute Gasteiger partial charge is 0.216 e. The van der Waals surface area contributed by atoms with Gasteiger partial charge in [-0.1, -0.05) is 12.1 Å². The normalized spacial score (nSPS) is 12.8. The van der Waals surface area contributed by atoms with Crippen LogP contribution >= 0.6 is 0 Å². The Balaban J connectivity index is 2.05. The maximum Gasteiger partial charge on any atom is 0.216 e. The molecule has 0 saturated heterocycles. The molecular formula is C14H14N2O3S. The van der Waals surface area contributed by atoms with Gasteiger partial charge < -0.3 is 4.42 Å². The molecule has 5 nitrogen and oxygen atoms in total. The van der Waals surface area contributed by atoms with E-state index in [1.807, 2.05) is 6.07 Å². The fourth-order valence-corrected chi connectivity index (χ4v) is 3.17. The Morgan fingerprint density at radius 1 is 1.30 bits per heavy atom. The van der Waals surface area contributed by atoms with Gasteiger partial charge in [0, 0.05) is 0 Å². The van der Waals surface area contributed by atoms with Gasteiger partial charge in [0.25, 0.3) is 0 Å². The molecule has 0 bridgehead atoms. The molecule has 0 aliphatic carbocycles. The van der Waals surface area contributed by atoms with Crippen molar-refractivity contribution in [1.29, 1.82) is 5.26 Å². The number of nitrogens with one attached hydrogen (secondary N) is 1. The van der Waals surface area contributed by atoms with Gasteiger partial charge in [0.1, 0.15) is 5.76 Å². The van der Waals surface area contributed by atoms with Crippen molar-refractivity contribution in [3.05, 3.63) is 59.5 Å². The molecule has 20 heavy (non-hydrogen) atoms. The zero-order valence-corrected chi connectivity index (χ0v) is 11.7. The van der Waals surface area contributed by atoms with Gasteiger partial charge >= 0.3 is 0 Å². The molecule has 104 valence electrons. The van der Waals surface area contributed by atoms with Crippen molar-refractivity contribution in [2.24, 2.45) is 0 Å². The lowest BCUT2D eigenvalue weighted by Gasteiger charge is -2.12. The van der Waals surface area contributed by atoms with Crippen LogP contribution in [0, 0.1) is 11.3 Å². The van der Waals surface area contributed by atoms with Crippen molar-refractivity contribution in [1.82, 2.24) is 4.72 Å². The number of hydrogen-bond acceptors (Lipinski definition) is 4. The molecule has 0 fully saturated rings. The lowest BCUT2D eigenvalue weighted by molar-refractivity contribution is 0.459. The van der Waals surface area contributed by atoms with Gasteiger partial charge in [-0.25, -0.2) is 13.1 Å². The largest absolute Gasteiger partial charge is 0.468 e. The van der Waals surface area contributed by atoms with Crippen LogP contribution in [0.4, 0.5) is 0 Å². The molecule has 1 atom stereocenters. The number of nitriles is 1. The Bertz CT molecular complexity index is 698. The summed E-state index contributed by atoms with van der Waals surface area (Å²) >= 11 is 0. The first-order chi connectivity index (χ1) is 9.50. The quantitative estimate of drug-likeness (QED) is 0.916. The summed E-state index contributed by atoms with van der Waals surface area (Å²) in [4.78, 5) is 0. The highest BCUT2D eigenvalue weighted by Crippen LogP contribution is 2.15. The van der Waals surface area contributed by atoms with E-state index in [0.29, 0.717) is 16.9 Å². The van der Waals surface area contributed by atoms with E-state index in [1.165, 1.54) is 6.26 Å². The summed E-state index contributed by atoms with van der Waals surface area (Å²) in [6.45, 7) is 1.72. The highest BCUT2D eigenvalue weighted by atomic mass is 32.2. The van der Waals surface area contributed by atoms with Crippen molar-refractivity contribution in [3.8, 4) is 6.07 Å². The van der Waals surface area contributed by atoms with E-state index >= 15 is 0 Å². The topological polar surface area (TPSA) is 83.1 Å². The van der Waals surface area contributed by atoms with Gasteiger partial charge in [0.15, 0.2) is 0 Å². The molecule has 0 amide bonds. The van der Waals surface area contributed by atoms with Crippen LogP contribution in [0.3, 0.4) is 0 Å². The van der Waals surface area contributed by atoms with Crippen LogP contribution in [0.1, 0.15) is 29.9 Å². The average molecular weight is 290 g/mol. The summed E-state index contributed by atoms with van der Waals surface area (Å²) in [7, 11) is -3.47. The summed E-state index contributed by atoms with van der Waals surface area (Å²) in [6.07, 6.45) is 1.50. The van der Waals surface area contributed by atoms with E-state index in [1.54, 1.807) is 43.3 Å². The van der Waals surface area contributed by atoms with Crippen LogP contribution in [0.5, 0.6) is 0 Å². The third kappa shape index (κ3) is 3.70. The van der Waals surface area contributed by atoms with Gasteiger partial charge in [-0.2, -0.15) is 5.26 Å². The monoisotopic (exact) mass is 290 g/mol. The second-order valence-electron chi connectivity index (χ2n) is 4.42. The minimum absolute atomic E-state index is 0.135. The van der Waals surface area contributed by atoms with Crippen LogP contribution in [0.2, 0.25) is 0 Å². The summed E-state index contributed by atoms with van der Waals surface area (Å²) in [5, 5.41) is 8.69. The summed E-state index contributed by atoms with van der Waals surface area (Å²) in [6, 6.07) is 11.5. The van der Waals surface area contributed by atoms with Crippen molar-refractivity contribution in [2.45, 2.75) is 18.7 Å². The van der Waals surface area contributed by atoms with Gasteiger partial charge in [-0.05, 0) is 36.8 Å². The van der Waals surface area contributed by atoms with E-state index < -0.39 is 16.1 Å². The fourth-order valence-electron chi connectivity index (χ4n) is 1.80. The molecule has 6 heteroatoms. The zero-order chi connectivity index (χ0) is 14.6.